The monoisotopic (exact) mass is 277 g/mol. The maximum atomic E-state index is 12.0. The Hall–Kier alpha value is -0.250. The minimum Gasteiger partial charge on any atom is -0.341 e. The molecule has 0 unspecified atom stereocenters. The van der Waals surface area contributed by atoms with E-state index >= 15 is 0 Å². The zero-order valence-electron chi connectivity index (χ0n) is 8.95. The molecular formula is C11H13Cl2NOS. The lowest BCUT2D eigenvalue weighted by Crippen LogP contribution is -2.37. The molecule has 0 atom stereocenters. The molecule has 1 aliphatic carbocycles. The molecule has 2 nitrogen and oxygen atoms in total. The van der Waals surface area contributed by atoms with Crippen LogP contribution in [0.4, 0.5) is 0 Å². The van der Waals surface area contributed by atoms with Gasteiger partial charge in [0.15, 0.2) is 0 Å². The van der Waals surface area contributed by atoms with Gasteiger partial charge in [0.25, 0.3) is 5.91 Å². The molecule has 0 bridgehead atoms. The Labute approximate surface area is 109 Å². The van der Waals surface area contributed by atoms with E-state index in [1.54, 1.807) is 11.0 Å². The average Bonchev–Trinajstić information content (AvgIpc) is 2.61. The molecule has 1 aromatic heterocycles. The number of hydrogen-bond acceptors (Lipinski definition) is 2. The van der Waals surface area contributed by atoms with Crippen molar-refractivity contribution < 1.29 is 4.79 Å². The number of amides is 1. The normalized spacial score (nSPS) is 23.9. The van der Waals surface area contributed by atoms with Gasteiger partial charge in [-0.1, -0.05) is 11.6 Å². The molecule has 2 rings (SSSR count). The van der Waals surface area contributed by atoms with Crippen LogP contribution in [0.25, 0.3) is 0 Å². The number of thiophene rings is 1. The maximum absolute atomic E-state index is 12.0. The van der Waals surface area contributed by atoms with Crippen LogP contribution < -0.4 is 0 Å². The fourth-order valence-electron chi connectivity index (χ4n) is 1.89. The minimum atomic E-state index is 0.0121. The zero-order valence-corrected chi connectivity index (χ0v) is 11.3. The van der Waals surface area contributed by atoms with Crippen molar-refractivity contribution in [3.63, 3.8) is 0 Å². The Bertz CT molecular complexity index is 387. The van der Waals surface area contributed by atoms with Crippen molar-refractivity contribution in [1.29, 1.82) is 0 Å². The number of alkyl halides is 1. The lowest BCUT2D eigenvalue weighted by molar-refractivity contribution is 0.0752. The van der Waals surface area contributed by atoms with Crippen molar-refractivity contribution in [2.75, 3.05) is 13.6 Å². The fraction of sp³-hybridized carbons (Fsp3) is 0.545. The molecule has 1 saturated carbocycles. The number of carbonyl (C=O) groups excluding carboxylic acids is 1. The van der Waals surface area contributed by atoms with Crippen molar-refractivity contribution >= 4 is 40.4 Å². The molecule has 0 spiro atoms. The van der Waals surface area contributed by atoms with Crippen LogP contribution in [0.1, 0.15) is 22.5 Å². The Balaban J connectivity index is 1.92. The number of rotatable bonds is 3. The van der Waals surface area contributed by atoms with Gasteiger partial charge in [-0.3, -0.25) is 4.79 Å². The third-order valence-corrected chi connectivity index (χ3v) is 4.55. The third-order valence-electron chi connectivity index (χ3n) is 2.87. The van der Waals surface area contributed by atoms with Crippen LogP contribution in [0, 0.1) is 5.92 Å². The first kappa shape index (κ1) is 12.2. The van der Waals surface area contributed by atoms with Gasteiger partial charge >= 0.3 is 0 Å². The van der Waals surface area contributed by atoms with Crippen LogP contribution in [0.5, 0.6) is 0 Å². The van der Waals surface area contributed by atoms with Crippen molar-refractivity contribution in [2.24, 2.45) is 5.92 Å². The molecule has 5 heteroatoms. The Kier molecular flexibility index (Phi) is 3.77. The summed E-state index contributed by atoms with van der Waals surface area (Å²) in [5.74, 6) is 0.563. The van der Waals surface area contributed by atoms with Crippen LogP contribution in [-0.4, -0.2) is 29.8 Å². The Morgan fingerprint density at radius 3 is 2.81 bits per heavy atom. The van der Waals surface area contributed by atoms with Crippen molar-refractivity contribution in [1.82, 2.24) is 4.90 Å². The third kappa shape index (κ3) is 2.53. The first-order valence-electron chi connectivity index (χ1n) is 5.20. The van der Waals surface area contributed by atoms with Gasteiger partial charge in [0, 0.05) is 19.0 Å². The van der Waals surface area contributed by atoms with Crippen LogP contribution in [-0.2, 0) is 0 Å². The molecule has 0 aromatic carbocycles. The van der Waals surface area contributed by atoms with Gasteiger partial charge in [-0.15, -0.1) is 22.9 Å². The maximum Gasteiger partial charge on any atom is 0.265 e. The van der Waals surface area contributed by atoms with E-state index in [2.05, 4.69) is 0 Å². The summed E-state index contributed by atoms with van der Waals surface area (Å²) in [7, 11) is 1.82. The van der Waals surface area contributed by atoms with Crippen molar-refractivity contribution in [3.05, 3.63) is 21.3 Å². The first-order valence-corrected chi connectivity index (χ1v) is 6.90. The molecule has 0 N–H and O–H groups in total. The van der Waals surface area contributed by atoms with Gasteiger partial charge in [0.2, 0.25) is 0 Å². The topological polar surface area (TPSA) is 20.3 Å². The van der Waals surface area contributed by atoms with Gasteiger partial charge in [-0.25, -0.2) is 0 Å². The summed E-state index contributed by atoms with van der Waals surface area (Å²) in [4.78, 5) is 14.4. The van der Waals surface area contributed by atoms with Crippen molar-refractivity contribution in [3.8, 4) is 0 Å². The van der Waals surface area contributed by atoms with Crippen LogP contribution >= 0.6 is 34.5 Å². The number of nitrogens with zero attached hydrogens (tertiary/aromatic N) is 1. The lowest BCUT2D eigenvalue weighted by atomic mass is 9.84. The molecule has 1 aromatic rings. The molecule has 88 valence electrons. The summed E-state index contributed by atoms with van der Waals surface area (Å²) in [6.45, 7) is 0.774. The zero-order chi connectivity index (χ0) is 11.7. The van der Waals surface area contributed by atoms with E-state index in [1.807, 2.05) is 12.4 Å². The van der Waals surface area contributed by atoms with E-state index in [9.17, 15) is 4.79 Å². The fourth-order valence-corrected chi connectivity index (χ4v) is 3.53. The quantitative estimate of drug-likeness (QED) is 0.775. The van der Waals surface area contributed by atoms with Gasteiger partial charge in [-0.05, 0) is 30.2 Å². The number of carbonyl (C=O) groups is 1. The first-order chi connectivity index (χ1) is 7.58. The molecule has 0 saturated heterocycles. The van der Waals surface area contributed by atoms with Crippen molar-refractivity contribution in [2.45, 2.75) is 18.2 Å². The highest BCUT2D eigenvalue weighted by molar-refractivity contribution is 7.12. The predicted molar refractivity (Wildman–Crippen MR) is 68.7 cm³/mol. The second kappa shape index (κ2) is 4.94. The highest BCUT2D eigenvalue weighted by Gasteiger charge is 2.29. The molecular weight excluding hydrogens is 265 g/mol. The van der Waals surface area contributed by atoms with Gasteiger partial charge < -0.3 is 4.90 Å². The number of halogens is 2. The second-order valence-corrected chi connectivity index (χ2v) is 6.16. The van der Waals surface area contributed by atoms with Gasteiger partial charge in [0.05, 0.1) is 5.02 Å². The number of hydrogen-bond donors (Lipinski definition) is 0. The Morgan fingerprint density at radius 2 is 2.31 bits per heavy atom. The summed E-state index contributed by atoms with van der Waals surface area (Å²) in [6.07, 6.45) is 2.02. The summed E-state index contributed by atoms with van der Waals surface area (Å²) in [6, 6.07) is 1.76. The van der Waals surface area contributed by atoms with Gasteiger partial charge in [-0.2, -0.15) is 0 Å². The Morgan fingerprint density at radius 1 is 1.62 bits per heavy atom. The van der Waals surface area contributed by atoms with E-state index < -0.39 is 0 Å². The highest BCUT2D eigenvalue weighted by Crippen LogP contribution is 2.33. The average molecular weight is 278 g/mol. The van der Waals surface area contributed by atoms with E-state index in [0.717, 1.165) is 19.4 Å². The standard InChI is InChI=1S/C11H13Cl2NOS/c1-14(6-7-4-8(12)5-7)11(15)10-9(13)2-3-16-10/h2-3,7-8H,4-6H2,1H3. The van der Waals surface area contributed by atoms with Gasteiger partial charge in [0.1, 0.15) is 4.88 Å². The van der Waals surface area contributed by atoms with E-state index in [1.165, 1.54) is 11.3 Å². The molecule has 0 aliphatic heterocycles. The lowest BCUT2D eigenvalue weighted by Gasteiger charge is -2.34. The summed E-state index contributed by atoms with van der Waals surface area (Å²) >= 11 is 13.2. The molecule has 1 fully saturated rings. The SMILES string of the molecule is CN(CC1CC(Cl)C1)C(=O)c1sccc1Cl. The molecule has 0 radical (unpaired) electrons. The molecule has 16 heavy (non-hydrogen) atoms. The highest BCUT2D eigenvalue weighted by atomic mass is 35.5. The van der Waals surface area contributed by atoms with Crippen LogP contribution in [0.3, 0.4) is 0 Å². The van der Waals surface area contributed by atoms with Crippen LogP contribution in [0.15, 0.2) is 11.4 Å². The summed E-state index contributed by atoms with van der Waals surface area (Å²) in [5.41, 5.74) is 0. The minimum absolute atomic E-state index is 0.0121. The molecule has 1 heterocycles. The smallest absolute Gasteiger partial charge is 0.265 e. The van der Waals surface area contributed by atoms with E-state index in [-0.39, 0.29) is 5.91 Å². The molecule has 1 amide bonds. The predicted octanol–water partition coefficient (Wildman–Crippen LogP) is 3.49. The van der Waals surface area contributed by atoms with Crippen LogP contribution in [0.2, 0.25) is 5.02 Å². The summed E-state index contributed by atoms with van der Waals surface area (Å²) < 4.78 is 0. The largest absolute Gasteiger partial charge is 0.341 e. The van der Waals surface area contributed by atoms with E-state index in [4.69, 9.17) is 23.2 Å². The molecule has 1 aliphatic rings. The van der Waals surface area contributed by atoms with E-state index in [0.29, 0.717) is 21.2 Å². The summed E-state index contributed by atoms with van der Waals surface area (Å²) in [5, 5.41) is 2.69. The second-order valence-electron chi connectivity index (χ2n) is 4.22.